The van der Waals surface area contributed by atoms with Gasteiger partial charge in [0.25, 0.3) is 5.91 Å². The highest BCUT2D eigenvalue weighted by Gasteiger charge is 2.21. The SMILES string of the molecule is CC(C)(O)CNC(=O)C(O)c1cc(Cl)cc(Cl)c1. The van der Waals surface area contributed by atoms with Crippen LogP contribution in [0.15, 0.2) is 18.2 Å². The first-order valence-corrected chi connectivity index (χ1v) is 6.09. The smallest absolute Gasteiger partial charge is 0.253 e. The molecule has 0 aliphatic rings. The largest absolute Gasteiger partial charge is 0.389 e. The Balaban J connectivity index is 2.74. The molecular weight excluding hydrogens is 277 g/mol. The minimum absolute atomic E-state index is 0.0389. The third-order valence-electron chi connectivity index (χ3n) is 2.14. The van der Waals surface area contributed by atoms with Gasteiger partial charge in [-0.25, -0.2) is 0 Å². The van der Waals surface area contributed by atoms with Crippen LogP contribution in [0, 0.1) is 0 Å². The monoisotopic (exact) mass is 291 g/mol. The molecule has 0 aromatic heterocycles. The van der Waals surface area contributed by atoms with Gasteiger partial charge in [-0.2, -0.15) is 0 Å². The summed E-state index contributed by atoms with van der Waals surface area (Å²) in [6.45, 7) is 3.14. The van der Waals surface area contributed by atoms with Crippen molar-refractivity contribution in [1.29, 1.82) is 0 Å². The molecule has 0 aliphatic carbocycles. The topological polar surface area (TPSA) is 69.6 Å². The second-order valence-corrected chi connectivity index (χ2v) is 5.51. The Hall–Kier alpha value is -0.810. The Labute approximate surface area is 116 Å². The van der Waals surface area contributed by atoms with Gasteiger partial charge in [0, 0.05) is 16.6 Å². The summed E-state index contributed by atoms with van der Waals surface area (Å²) in [6, 6.07) is 4.43. The van der Waals surface area contributed by atoms with Crippen molar-refractivity contribution in [3.8, 4) is 0 Å². The van der Waals surface area contributed by atoms with E-state index < -0.39 is 17.6 Å². The number of hydrogen-bond acceptors (Lipinski definition) is 3. The highest BCUT2D eigenvalue weighted by atomic mass is 35.5. The van der Waals surface area contributed by atoms with Crippen molar-refractivity contribution in [3.05, 3.63) is 33.8 Å². The molecule has 6 heteroatoms. The fraction of sp³-hybridized carbons (Fsp3) is 0.417. The zero-order valence-corrected chi connectivity index (χ0v) is 11.6. The van der Waals surface area contributed by atoms with Gasteiger partial charge in [0.05, 0.1) is 5.60 Å². The molecule has 0 fully saturated rings. The van der Waals surface area contributed by atoms with Gasteiger partial charge in [0.1, 0.15) is 0 Å². The normalized spacial score (nSPS) is 13.2. The molecule has 1 rings (SSSR count). The van der Waals surface area contributed by atoms with Crippen molar-refractivity contribution in [2.75, 3.05) is 6.54 Å². The van der Waals surface area contributed by atoms with E-state index in [1.165, 1.54) is 18.2 Å². The minimum atomic E-state index is -1.37. The van der Waals surface area contributed by atoms with Crippen molar-refractivity contribution in [2.45, 2.75) is 25.6 Å². The van der Waals surface area contributed by atoms with Crippen molar-refractivity contribution in [1.82, 2.24) is 5.32 Å². The third kappa shape index (κ3) is 4.82. The number of carbonyl (C=O) groups excluding carboxylic acids is 1. The number of benzene rings is 1. The van der Waals surface area contributed by atoms with Gasteiger partial charge in [0.15, 0.2) is 6.10 Å². The Morgan fingerprint density at radius 1 is 1.33 bits per heavy atom. The molecule has 0 spiro atoms. The van der Waals surface area contributed by atoms with Gasteiger partial charge in [-0.15, -0.1) is 0 Å². The molecule has 1 aromatic rings. The zero-order valence-electron chi connectivity index (χ0n) is 10.1. The lowest BCUT2D eigenvalue weighted by atomic mass is 10.1. The number of aliphatic hydroxyl groups excluding tert-OH is 1. The zero-order chi connectivity index (χ0) is 13.9. The van der Waals surface area contributed by atoms with Gasteiger partial charge in [0.2, 0.25) is 0 Å². The van der Waals surface area contributed by atoms with Crippen LogP contribution < -0.4 is 5.32 Å². The van der Waals surface area contributed by atoms with E-state index in [-0.39, 0.29) is 6.54 Å². The van der Waals surface area contributed by atoms with Crippen molar-refractivity contribution >= 4 is 29.1 Å². The number of rotatable bonds is 4. The van der Waals surface area contributed by atoms with Crippen LogP contribution in [0.3, 0.4) is 0 Å². The second-order valence-electron chi connectivity index (χ2n) is 4.64. The van der Waals surface area contributed by atoms with Crippen LogP contribution >= 0.6 is 23.2 Å². The van der Waals surface area contributed by atoms with Crippen molar-refractivity contribution in [2.24, 2.45) is 0 Å². The van der Waals surface area contributed by atoms with Gasteiger partial charge < -0.3 is 15.5 Å². The van der Waals surface area contributed by atoms with E-state index in [0.29, 0.717) is 15.6 Å². The lowest BCUT2D eigenvalue weighted by Gasteiger charge is -2.19. The first-order valence-electron chi connectivity index (χ1n) is 5.33. The third-order valence-corrected chi connectivity index (χ3v) is 2.58. The number of carbonyl (C=O) groups is 1. The minimum Gasteiger partial charge on any atom is -0.389 e. The maximum atomic E-state index is 11.7. The summed E-state index contributed by atoms with van der Waals surface area (Å²) < 4.78 is 0. The molecule has 1 unspecified atom stereocenters. The van der Waals surface area contributed by atoms with Crippen LogP contribution in [-0.4, -0.2) is 28.3 Å². The number of aliphatic hydroxyl groups is 2. The first kappa shape index (κ1) is 15.2. The number of hydrogen-bond donors (Lipinski definition) is 3. The lowest BCUT2D eigenvalue weighted by molar-refractivity contribution is -0.130. The summed E-state index contributed by atoms with van der Waals surface area (Å²) in [6.07, 6.45) is -1.37. The lowest BCUT2D eigenvalue weighted by Crippen LogP contribution is -2.40. The summed E-state index contributed by atoms with van der Waals surface area (Å²) in [7, 11) is 0. The fourth-order valence-corrected chi connectivity index (χ4v) is 1.83. The average molecular weight is 292 g/mol. The molecule has 0 saturated carbocycles. The molecule has 1 atom stereocenters. The van der Waals surface area contributed by atoms with E-state index in [0.717, 1.165) is 0 Å². The molecule has 4 nitrogen and oxygen atoms in total. The van der Waals surface area contributed by atoms with Crippen LogP contribution in [0.4, 0.5) is 0 Å². The first-order chi connectivity index (χ1) is 8.19. The van der Waals surface area contributed by atoms with Gasteiger partial charge in [-0.1, -0.05) is 23.2 Å². The van der Waals surface area contributed by atoms with E-state index in [1.54, 1.807) is 13.8 Å². The molecule has 0 aliphatic heterocycles. The van der Waals surface area contributed by atoms with Gasteiger partial charge >= 0.3 is 0 Å². The second kappa shape index (κ2) is 5.89. The van der Waals surface area contributed by atoms with Crippen molar-refractivity contribution < 1.29 is 15.0 Å². The molecule has 0 saturated heterocycles. The maximum Gasteiger partial charge on any atom is 0.253 e. The van der Waals surface area contributed by atoms with Crippen LogP contribution in [0.5, 0.6) is 0 Å². The van der Waals surface area contributed by atoms with Crippen LogP contribution in [0.2, 0.25) is 10.0 Å². The molecule has 0 bridgehead atoms. The van der Waals surface area contributed by atoms with Crippen molar-refractivity contribution in [3.63, 3.8) is 0 Å². The molecule has 3 N–H and O–H groups in total. The predicted molar refractivity (Wildman–Crippen MR) is 70.7 cm³/mol. The van der Waals surface area contributed by atoms with E-state index >= 15 is 0 Å². The highest BCUT2D eigenvalue weighted by Crippen LogP contribution is 2.23. The maximum absolute atomic E-state index is 11.7. The molecule has 1 aromatic carbocycles. The number of halogens is 2. The standard InChI is InChI=1S/C12H15Cl2NO3/c1-12(2,18)6-15-11(17)10(16)7-3-8(13)5-9(14)4-7/h3-5,10,16,18H,6H2,1-2H3,(H,15,17). The Bertz CT molecular complexity index is 423. The number of nitrogens with one attached hydrogen (secondary N) is 1. The molecule has 0 radical (unpaired) electrons. The molecule has 1 amide bonds. The molecule has 100 valence electrons. The number of amides is 1. The predicted octanol–water partition coefficient (Wildman–Crippen LogP) is 1.91. The molecular formula is C12H15Cl2NO3. The summed E-state index contributed by atoms with van der Waals surface area (Å²) in [5, 5.41) is 22.4. The highest BCUT2D eigenvalue weighted by molar-refractivity contribution is 6.34. The van der Waals surface area contributed by atoms with Gasteiger partial charge in [-0.05, 0) is 37.6 Å². The fourth-order valence-electron chi connectivity index (χ4n) is 1.28. The van der Waals surface area contributed by atoms with E-state index in [9.17, 15) is 15.0 Å². The Morgan fingerprint density at radius 2 is 1.83 bits per heavy atom. The van der Waals surface area contributed by atoms with Crippen LogP contribution in [0.1, 0.15) is 25.5 Å². The van der Waals surface area contributed by atoms with Crippen LogP contribution in [-0.2, 0) is 4.79 Å². The summed E-state index contributed by atoms with van der Waals surface area (Å²) in [4.78, 5) is 11.7. The quantitative estimate of drug-likeness (QED) is 0.794. The molecule has 18 heavy (non-hydrogen) atoms. The van der Waals surface area contributed by atoms with E-state index in [4.69, 9.17) is 23.2 Å². The average Bonchev–Trinajstić information content (AvgIpc) is 2.22. The Kier molecular flexibility index (Phi) is 4.99. The summed E-state index contributed by atoms with van der Waals surface area (Å²) in [5.74, 6) is -0.615. The van der Waals surface area contributed by atoms with Crippen LogP contribution in [0.25, 0.3) is 0 Å². The molecule has 0 heterocycles. The Morgan fingerprint density at radius 3 is 2.28 bits per heavy atom. The van der Waals surface area contributed by atoms with Gasteiger partial charge in [-0.3, -0.25) is 4.79 Å². The van der Waals surface area contributed by atoms with E-state index in [1.807, 2.05) is 0 Å². The summed E-state index contributed by atoms with van der Waals surface area (Å²) >= 11 is 11.6. The summed E-state index contributed by atoms with van der Waals surface area (Å²) in [5.41, 5.74) is -0.734. The van der Waals surface area contributed by atoms with E-state index in [2.05, 4.69) is 5.32 Å².